The molecule has 8 heteroatoms. The third-order valence-electron chi connectivity index (χ3n) is 6.39. The summed E-state index contributed by atoms with van der Waals surface area (Å²) in [5.41, 5.74) is 2.31. The fourth-order valence-corrected chi connectivity index (χ4v) is 7.61. The van der Waals surface area contributed by atoms with E-state index in [-0.39, 0.29) is 5.75 Å². The van der Waals surface area contributed by atoms with E-state index in [1.54, 1.807) is 23.1 Å². The first-order valence-corrected chi connectivity index (χ1v) is 14.6. The molecule has 0 unspecified atom stereocenters. The average Bonchev–Trinajstić information content (AvgIpc) is 3.36. The maximum absolute atomic E-state index is 11.4. The predicted molar refractivity (Wildman–Crippen MR) is 147 cm³/mol. The molecular weight excluding hydrogens is 497 g/mol. The number of aryl methyl sites for hydroxylation is 1. The molecule has 5 nitrogen and oxygen atoms in total. The second-order valence-corrected chi connectivity index (χ2v) is 12.3. The Labute approximate surface area is 212 Å². The summed E-state index contributed by atoms with van der Waals surface area (Å²) in [6.07, 6.45) is 2.54. The number of benzene rings is 4. The van der Waals surface area contributed by atoms with E-state index in [0.717, 1.165) is 31.4 Å². The highest BCUT2D eigenvalue weighted by atomic mass is 32.2. The molecule has 1 N–H and O–H groups in total. The minimum atomic E-state index is -4.01. The Balaban J connectivity index is 1.48. The van der Waals surface area contributed by atoms with Crippen molar-refractivity contribution in [2.45, 2.75) is 11.3 Å². The van der Waals surface area contributed by atoms with Crippen LogP contribution in [0.25, 0.3) is 37.8 Å². The highest BCUT2D eigenvalue weighted by molar-refractivity contribution is 8.04. The van der Waals surface area contributed by atoms with Crippen LogP contribution in [0.1, 0.15) is 11.4 Å². The van der Waals surface area contributed by atoms with Crippen LogP contribution in [0.3, 0.4) is 0 Å². The van der Waals surface area contributed by atoms with Crippen molar-refractivity contribution in [1.82, 2.24) is 0 Å². The smallest absolute Gasteiger partial charge is 0.265 e. The fraction of sp³-hybridized carbons (Fsp3) is 0.148. The van der Waals surface area contributed by atoms with E-state index in [2.05, 4.69) is 83.3 Å². The van der Waals surface area contributed by atoms with Crippen LogP contribution in [0, 0.1) is 0 Å². The number of hydrogen-bond acceptors (Lipinski definition) is 5. The Hall–Kier alpha value is -2.91. The highest BCUT2D eigenvalue weighted by Gasteiger charge is 2.29. The molecule has 176 valence electrons. The predicted octanol–water partition coefficient (Wildman–Crippen LogP) is 6.22. The van der Waals surface area contributed by atoms with Gasteiger partial charge in [0.1, 0.15) is 11.7 Å². The van der Waals surface area contributed by atoms with E-state index in [9.17, 15) is 13.0 Å². The lowest BCUT2D eigenvalue weighted by Gasteiger charge is -2.21. The zero-order valence-electron chi connectivity index (χ0n) is 19.0. The average molecular weight is 520 g/mol. The standard InChI is InChI=1S/C27H22N2O3S3/c1-28-24(33-22-13-11-18-7-2-4-9-20(18)26(22)28)17-25-29(15-6-16-35(30,31)32)27-21-10-5-3-8-19(21)12-14-23(27)34-25/h2-5,7-14,17H,6,15-16H2,1H3/p+1. The number of anilines is 1. The second-order valence-electron chi connectivity index (χ2n) is 8.64. The van der Waals surface area contributed by atoms with Gasteiger partial charge < -0.3 is 4.90 Å². The molecular formula is C27H23N2O3S3+. The number of thioether (sulfide) groups is 1. The molecule has 1 aliphatic rings. The van der Waals surface area contributed by atoms with Gasteiger partial charge in [-0.3, -0.25) is 4.55 Å². The lowest BCUT2D eigenvalue weighted by Crippen LogP contribution is -2.30. The monoisotopic (exact) mass is 519 g/mol. The topological polar surface area (TPSA) is 61.5 Å². The number of rotatable bonds is 5. The fourth-order valence-electron chi connectivity index (χ4n) is 4.79. The Bertz CT molecular complexity index is 1760. The minimum absolute atomic E-state index is 0.260. The summed E-state index contributed by atoms with van der Waals surface area (Å²) in [6.45, 7) is 0.497. The molecule has 0 atom stereocenters. The van der Waals surface area contributed by atoms with E-state index in [0.29, 0.717) is 13.0 Å². The third kappa shape index (κ3) is 4.10. The molecule has 2 heterocycles. The molecule has 1 aromatic heterocycles. The van der Waals surface area contributed by atoms with Crippen LogP contribution < -0.4 is 9.47 Å². The Morgan fingerprint density at radius 2 is 1.63 bits per heavy atom. The van der Waals surface area contributed by atoms with Crippen molar-refractivity contribution in [2.24, 2.45) is 7.05 Å². The SMILES string of the molecule is C[n+]1c(C=C2Sc3ccc4ccccc4c3N2CCCS(=O)(=O)O)sc2ccc3ccccc3c21. The van der Waals surface area contributed by atoms with Crippen molar-refractivity contribution in [3.05, 3.63) is 82.8 Å². The highest BCUT2D eigenvalue weighted by Crippen LogP contribution is 2.50. The van der Waals surface area contributed by atoms with Gasteiger partial charge in [0, 0.05) is 16.8 Å². The van der Waals surface area contributed by atoms with E-state index in [1.807, 2.05) is 12.1 Å². The van der Waals surface area contributed by atoms with Gasteiger partial charge in [-0.2, -0.15) is 13.0 Å². The van der Waals surface area contributed by atoms with Gasteiger partial charge in [0.05, 0.1) is 27.9 Å². The lowest BCUT2D eigenvalue weighted by molar-refractivity contribution is -0.641. The van der Waals surface area contributed by atoms with Gasteiger partial charge in [-0.05, 0) is 35.4 Å². The number of fused-ring (bicyclic) bond motifs is 6. The normalized spacial score (nSPS) is 15.0. The van der Waals surface area contributed by atoms with Gasteiger partial charge in [0.2, 0.25) is 5.52 Å². The quantitative estimate of drug-likeness (QED) is 0.221. The summed E-state index contributed by atoms with van der Waals surface area (Å²) >= 11 is 3.45. The maximum Gasteiger partial charge on any atom is 0.265 e. The largest absolute Gasteiger partial charge is 0.334 e. The maximum atomic E-state index is 11.4. The molecule has 0 saturated carbocycles. The molecule has 0 spiro atoms. The van der Waals surface area contributed by atoms with Crippen LogP contribution in [-0.4, -0.2) is 25.3 Å². The van der Waals surface area contributed by atoms with Crippen LogP contribution in [0.5, 0.6) is 0 Å². The van der Waals surface area contributed by atoms with Crippen molar-refractivity contribution >= 4 is 76.7 Å². The van der Waals surface area contributed by atoms with Crippen molar-refractivity contribution in [3.63, 3.8) is 0 Å². The first kappa shape index (κ1) is 22.5. The van der Waals surface area contributed by atoms with Crippen molar-refractivity contribution in [2.75, 3.05) is 17.2 Å². The molecule has 0 fully saturated rings. The molecule has 5 aromatic rings. The Kier molecular flexibility index (Phi) is 5.56. The summed E-state index contributed by atoms with van der Waals surface area (Å²) in [5.74, 6) is -0.260. The first-order valence-electron chi connectivity index (χ1n) is 11.3. The Morgan fingerprint density at radius 1 is 0.943 bits per heavy atom. The summed E-state index contributed by atoms with van der Waals surface area (Å²) in [7, 11) is -1.91. The number of aromatic nitrogens is 1. The van der Waals surface area contributed by atoms with Gasteiger partial charge in [-0.1, -0.05) is 77.7 Å². The zero-order chi connectivity index (χ0) is 24.2. The summed E-state index contributed by atoms with van der Waals surface area (Å²) < 4.78 is 35.6. The number of hydrogen-bond donors (Lipinski definition) is 1. The van der Waals surface area contributed by atoms with Crippen molar-refractivity contribution < 1.29 is 17.5 Å². The molecule has 0 amide bonds. The molecule has 0 bridgehead atoms. The summed E-state index contributed by atoms with van der Waals surface area (Å²) in [5, 5.41) is 6.90. The van der Waals surface area contributed by atoms with Gasteiger partial charge in [-0.25, -0.2) is 0 Å². The summed E-state index contributed by atoms with van der Waals surface area (Å²) in [4.78, 5) is 3.35. The van der Waals surface area contributed by atoms with E-state index in [1.165, 1.54) is 21.0 Å². The van der Waals surface area contributed by atoms with E-state index < -0.39 is 10.1 Å². The lowest BCUT2D eigenvalue weighted by atomic mass is 10.1. The van der Waals surface area contributed by atoms with E-state index >= 15 is 0 Å². The first-order chi connectivity index (χ1) is 16.9. The van der Waals surface area contributed by atoms with Gasteiger partial charge in [0.25, 0.3) is 15.1 Å². The van der Waals surface area contributed by atoms with Crippen LogP contribution in [0.15, 0.2) is 82.7 Å². The van der Waals surface area contributed by atoms with Crippen molar-refractivity contribution in [1.29, 1.82) is 0 Å². The molecule has 0 radical (unpaired) electrons. The zero-order valence-corrected chi connectivity index (χ0v) is 21.5. The van der Waals surface area contributed by atoms with Crippen LogP contribution >= 0.6 is 23.1 Å². The molecule has 4 aromatic carbocycles. The van der Waals surface area contributed by atoms with Gasteiger partial charge in [0.15, 0.2) is 0 Å². The van der Waals surface area contributed by atoms with Crippen LogP contribution in [0.4, 0.5) is 5.69 Å². The molecule has 0 saturated heterocycles. The molecule has 1 aliphatic heterocycles. The molecule has 35 heavy (non-hydrogen) atoms. The van der Waals surface area contributed by atoms with Gasteiger partial charge in [-0.15, -0.1) is 0 Å². The minimum Gasteiger partial charge on any atom is -0.334 e. The Morgan fingerprint density at radius 3 is 2.40 bits per heavy atom. The third-order valence-corrected chi connectivity index (χ3v) is 9.44. The second kappa shape index (κ2) is 8.64. The molecule has 6 rings (SSSR count). The van der Waals surface area contributed by atoms with Crippen LogP contribution in [-0.2, 0) is 17.2 Å². The van der Waals surface area contributed by atoms with E-state index in [4.69, 9.17) is 0 Å². The molecule has 0 aliphatic carbocycles. The summed E-state index contributed by atoms with van der Waals surface area (Å²) in [6, 6.07) is 25.3. The number of thiazole rings is 1. The van der Waals surface area contributed by atoms with Crippen molar-refractivity contribution in [3.8, 4) is 0 Å². The van der Waals surface area contributed by atoms with Crippen LogP contribution in [0.2, 0.25) is 0 Å². The van der Waals surface area contributed by atoms with Gasteiger partial charge >= 0.3 is 0 Å². The number of nitrogens with zero attached hydrogens (tertiary/aromatic N) is 2.